The van der Waals surface area contributed by atoms with Gasteiger partial charge in [0.2, 0.25) is 10.0 Å². The Bertz CT molecular complexity index is 587. The maximum absolute atomic E-state index is 12.7. The Morgan fingerprint density at radius 3 is 2.65 bits per heavy atom. The van der Waals surface area contributed by atoms with Gasteiger partial charge in [0.05, 0.1) is 17.9 Å². The molecule has 20 heavy (non-hydrogen) atoms. The lowest BCUT2D eigenvalue weighted by atomic mass is 10.0. The number of alkyl halides is 3. The van der Waals surface area contributed by atoms with Crippen LogP contribution in [0.25, 0.3) is 0 Å². The number of hydrogen-bond donors (Lipinski definition) is 0. The predicted octanol–water partition coefficient (Wildman–Crippen LogP) is 2.75. The molecule has 1 saturated heterocycles. The highest BCUT2D eigenvalue weighted by Crippen LogP contribution is 2.35. The zero-order valence-corrected chi connectivity index (χ0v) is 12.4. The number of benzene rings is 1. The molecule has 1 fully saturated rings. The Morgan fingerprint density at radius 1 is 1.35 bits per heavy atom. The molecular weight excluding hydrogens is 311 g/mol. The first-order valence-electron chi connectivity index (χ1n) is 5.91. The van der Waals surface area contributed by atoms with E-state index in [2.05, 4.69) is 0 Å². The minimum absolute atomic E-state index is 0.324. The Balaban J connectivity index is 2.38. The molecule has 0 saturated carbocycles. The second kappa shape index (κ2) is 5.57. The van der Waals surface area contributed by atoms with E-state index in [0.717, 1.165) is 18.4 Å². The average molecular weight is 325 g/mol. The molecular formula is C12H14F3NO2S2. The number of hydrogen-bond acceptors (Lipinski definition) is 3. The molecule has 0 amide bonds. The van der Waals surface area contributed by atoms with Crippen LogP contribution in [0.5, 0.6) is 0 Å². The minimum atomic E-state index is -4.42. The van der Waals surface area contributed by atoms with E-state index in [1.165, 1.54) is 10.4 Å². The first-order valence-corrected chi connectivity index (χ1v) is 8.91. The van der Waals surface area contributed by atoms with Crippen molar-refractivity contribution in [2.24, 2.45) is 0 Å². The van der Waals surface area contributed by atoms with E-state index in [4.69, 9.17) is 0 Å². The summed E-state index contributed by atoms with van der Waals surface area (Å²) >= 11 is 1.54. The van der Waals surface area contributed by atoms with E-state index in [1.54, 1.807) is 17.8 Å². The molecule has 3 nitrogen and oxygen atoms in total. The van der Waals surface area contributed by atoms with Crippen LogP contribution in [-0.2, 0) is 16.2 Å². The molecule has 1 atom stereocenters. The van der Waals surface area contributed by atoms with Crippen LogP contribution >= 0.6 is 11.8 Å². The first kappa shape index (κ1) is 15.7. The molecule has 0 bridgehead atoms. The van der Waals surface area contributed by atoms with Crippen LogP contribution in [0.15, 0.2) is 24.3 Å². The summed E-state index contributed by atoms with van der Waals surface area (Å²) in [5.41, 5.74) is -0.364. The molecule has 1 aliphatic rings. The molecule has 8 heteroatoms. The van der Waals surface area contributed by atoms with Gasteiger partial charge in [-0.1, -0.05) is 12.1 Å². The van der Waals surface area contributed by atoms with Crippen molar-refractivity contribution in [2.75, 3.05) is 24.3 Å². The second-order valence-corrected chi connectivity index (χ2v) is 7.67. The van der Waals surface area contributed by atoms with Crippen LogP contribution in [0.4, 0.5) is 13.2 Å². The summed E-state index contributed by atoms with van der Waals surface area (Å²) in [4.78, 5) is 0. The van der Waals surface area contributed by atoms with E-state index >= 15 is 0 Å². The van der Waals surface area contributed by atoms with Gasteiger partial charge < -0.3 is 0 Å². The Kier molecular flexibility index (Phi) is 4.36. The smallest absolute Gasteiger partial charge is 0.212 e. The first-order chi connectivity index (χ1) is 9.19. The van der Waals surface area contributed by atoms with Gasteiger partial charge in [-0.05, 0) is 17.7 Å². The van der Waals surface area contributed by atoms with Gasteiger partial charge in [-0.15, -0.1) is 0 Å². The zero-order chi connectivity index (χ0) is 15.0. The average Bonchev–Trinajstić information content (AvgIpc) is 2.37. The summed E-state index contributed by atoms with van der Waals surface area (Å²) in [5.74, 6) is 1.12. The lowest BCUT2D eigenvalue weighted by Gasteiger charge is -2.33. The van der Waals surface area contributed by atoms with Gasteiger partial charge in [-0.3, -0.25) is 0 Å². The highest BCUT2D eigenvalue weighted by molar-refractivity contribution is 7.99. The molecule has 1 aromatic carbocycles. The van der Waals surface area contributed by atoms with E-state index in [1.807, 2.05) is 0 Å². The fraction of sp³-hybridized carbons (Fsp3) is 0.500. The normalized spacial score (nSPS) is 21.9. The van der Waals surface area contributed by atoms with Gasteiger partial charge in [0, 0.05) is 18.1 Å². The van der Waals surface area contributed by atoms with Crippen molar-refractivity contribution in [3.63, 3.8) is 0 Å². The Morgan fingerprint density at radius 2 is 2.05 bits per heavy atom. The zero-order valence-electron chi connectivity index (χ0n) is 10.7. The van der Waals surface area contributed by atoms with E-state index in [-0.39, 0.29) is 0 Å². The SMILES string of the molecule is CS(=O)(=O)N1CCSCC1c1cccc(C(F)(F)F)c1. The highest BCUT2D eigenvalue weighted by atomic mass is 32.2. The van der Waals surface area contributed by atoms with Crippen LogP contribution in [0.2, 0.25) is 0 Å². The summed E-state index contributed by atoms with van der Waals surface area (Å²) in [5, 5.41) is 0. The van der Waals surface area contributed by atoms with Gasteiger partial charge in [0.15, 0.2) is 0 Å². The maximum Gasteiger partial charge on any atom is 0.416 e. The molecule has 1 aromatic rings. The molecule has 1 unspecified atom stereocenters. The van der Waals surface area contributed by atoms with Gasteiger partial charge >= 0.3 is 6.18 Å². The second-order valence-electron chi connectivity index (χ2n) is 4.59. The number of nitrogens with zero attached hydrogens (tertiary/aromatic N) is 1. The third-order valence-electron chi connectivity index (χ3n) is 3.10. The summed E-state index contributed by atoms with van der Waals surface area (Å²) in [6.45, 7) is 0.324. The number of sulfonamides is 1. The molecule has 1 aliphatic heterocycles. The van der Waals surface area contributed by atoms with Crippen molar-refractivity contribution >= 4 is 21.8 Å². The summed E-state index contributed by atoms with van der Waals surface area (Å²) < 4.78 is 63.0. The lowest BCUT2D eigenvalue weighted by molar-refractivity contribution is -0.137. The van der Waals surface area contributed by atoms with Gasteiger partial charge in [-0.25, -0.2) is 8.42 Å². The van der Waals surface area contributed by atoms with Crippen LogP contribution in [-0.4, -0.2) is 37.0 Å². The molecule has 0 spiro atoms. The Labute approximate surface area is 120 Å². The predicted molar refractivity (Wildman–Crippen MR) is 73.1 cm³/mol. The number of halogens is 3. The molecule has 0 aliphatic carbocycles. The number of rotatable bonds is 2. The van der Waals surface area contributed by atoms with Crippen molar-refractivity contribution in [1.82, 2.24) is 4.31 Å². The minimum Gasteiger partial charge on any atom is -0.212 e. The maximum atomic E-state index is 12.7. The molecule has 112 valence electrons. The van der Waals surface area contributed by atoms with Crippen molar-refractivity contribution in [2.45, 2.75) is 12.2 Å². The van der Waals surface area contributed by atoms with Crippen molar-refractivity contribution in [1.29, 1.82) is 0 Å². The van der Waals surface area contributed by atoms with E-state index < -0.39 is 27.8 Å². The van der Waals surface area contributed by atoms with Crippen LogP contribution < -0.4 is 0 Å². The Hall–Kier alpha value is -0.730. The topological polar surface area (TPSA) is 37.4 Å². The third kappa shape index (κ3) is 3.48. The van der Waals surface area contributed by atoms with Gasteiger partial charge in [0.25, 0.3) is 0 Å². The van der Waals surface area contributed by atoms with Crippen LogP contribution in [0.3, 0.4) is 0 Å². The molecule has 2 rings (SSSR count). The fourth-order valence-electron chi connectivity index (χ4n) is 2.17. The van der Waals surface area contributed by atoms with Gasteiger partial charge in [0.1, 0.15) is 0 Å². The quantitative estimate of drug-likeness (QED) is 0.839. The van der Waals surface area contributed by atoms with E-state index in [0.29, 0.717) is 23.6 Å². The molecule has 0 aromatic heterocycles. The van der Waals surface area contributed by atoms with Crippen LogP contribution in [0, 0.1) is 0 Å². The molecule has 0 radical (unpaired) electrons. The summed E-state index contributed by atoms with van der Waals surface area (Å²) in [7, 11) is -3.43. The summed E-state index contributed by atoms with van der Waals surface area (Å²) in [6, 6.07) is 4.35. The highest BCUT2D eigenvalue weighted by Gasteiger charge is 2.34. The van der Waals surface area contributed by atoms with Crippen molar-refractivity contribution < 1.29 is 21.6 Å². The largest absolute Gasteiger partial charge is 0.416 e. The number of thioether (sulfide) groups is 1. The monoisotopic (exact) mass is 325 g/mol. The molecule has 0 N–H and O–H groups in total. The van der Waals surface area contributed by atoms with E-state index in [9.17, 15) is 21.6 Å². The van der Waals surface area contributed by atoms with Crippen molar-refractivity contribution in [3.05, 3.63) is 35.4 Å². The fourth-order valence-corrected chi connectivity index (χ4v) is 4.55. The van der Waals surface area contributed by atoms with Crippen LogP contribution in [0.1, 0.15) is 17.2 Å². The summed E-state index contributed by atoms with van der Waals surface area (Å²) in [6.07, 6.45) is -3.34. The third-order valence-corrected chi connectivity index (χ3v) is 5.42. The van der Waals surface area contributed by atoms with Crippen molar-refractivity contribution in [3.8, 4) is 0 Å². The lowest BCUT2D eigenvalue weighted by Crippen LogP contribution is -2.40. The molecule has 1 heterocycles. The standard InChI is InChI=1S/C12H14F3NO2S2/c1-20(17,18)16-5-6-19-8-11(16)9-3-2-4-10(7-9)12(13,14)15/h2-4,7,11H,5-6,8H2,1H3. The van der Waals surface area contributed by atoms with Gasteiger partial charge in [-0.2, -0.15) is 29.2 Å².